The van der Waals surface area contributed by atoms with E-state index in [-0.39, 0.29) is 0 Å². The van der Waals surface area contributed by atoms with Crippen LogP contribution in [-0.4, -0.2) is 16.2 Å². The molecule has 4 N–H and O–H groups in total. The Labute approximate surface area is 102 Å². The molecule has 17 heavy (non-hydrogen) atoms. The smallest absolute Gasteiger partial charge is 0.419 e. The fraction of sp³-hybridized carbons (Fsp3) is 0.222. The van der Waals surface area contributed by atoms with Gasteiger partial charge in [-0.2, -0.15) is 13.2 Å². The molecule has 1 unspecified atom stereocenters. The van der Waals surface area contributed by atoms with Crippen molar-refractivity contribution in [2.75, 3.05) is 5.73 Å². The molecule has 1 atom stereocenters. The van der Waals surface area contributed by atoms with Crippen LogP contribution in [0.4, 0.5) is 18.9 Å². The van der Waals surface area contributed by atoms with Crippen LogP contribution in [0.15, 0.2) is 16.6 Å². The van der Waals surface area contributed by atoms with Gasteiger partial charge in [-0.1, -0.05) is 6.07 Å². The number of nitrogens with two attached hydrogens (primary N) is 1. The maximum Gasteiger partial charge on any atom is 0.419 e. The van der Waals surface area contributed by atoms with Crippen molar-refractivity contribution in [1.82, 2.24) is 0 Å². The van der Waals surface area contributed by atoms with E-state index in [9.17, 15) is 23.1 Å². The first-order chi connectivity index (χ1) is 7.66. The van der Waals surface area contributed by atoms with Crippen molar-refractivity contribution in [2.24, 2.45) is 0 Å². The molecule has 0 aliphatic carbocycles. The third kappa shape index (κ3) is 2.70. The summed E-state index contributed by atoms with van der Waals surface area (Å²) in [4.78, 5) is 10.5. The van der Waals surface area contributed by atoms with Gasteiger partial charge in [0.05, 0.1) is 5.56 Å². The fourth-order valence-corrected chi connectivity index (χ4v) is 2.04. The van der Waals surface area contributed by atoms with Crippen molar-refractivity contribution >= 4 is 27.6 Å². The molecule has 8 heteroatoms. The predicted molar refractivity (Wildman–Crippen MR) is 56.2 cm³/mol. The highest BCUT2D eigenvalue weighted by molar-refractivity contribution is 9.10. The maximum atomic E-state index is 12.6. The number of halogens is 4. The van der Waals surface area contributed by atoms with E-state index in [2.05, 4.69) is 15.9 Å². The highest BCUT2D eigenvalue weighted by Gasteiger charge is 2.37. The summed E-state index contributed by atoms with van der Waals surface area (Å²) >= 11 is 2.61. The van der Waals surface area contributed by atoms with E-state index >= 15 is 0 Å². The van der Waals surface area contributed by atoms with E-state index in [4.69, 9.17) is 10.8 Å². The molecule has 0 saturated heterocycles. The summed E-state index contributed by atoms with van der Waals surface area (Å²) in [5.74, 6) is -1.65. The molecule has 4 nitrogen and oxygen atoms in total. The molecule has 0 fully saturated rings. The Morgan fingerprint density at radius 2 is 1.94 bits per heavy atom. The molecule has 0 aromatic heterocycles. The molecule has 0 radical (unpaired) electrons. The number of rotatable bonds is 2. The average molecular weight is 314 g/mol. The fourth-order valence-electron chi connectivity index (χ4n) is 1.24. The Kier molecular flexibility index (Phi) is 3.68. The maximum absolute atomic E-state index is 12.6. The lowest BCUT2D eigenvalue weighted by Crippen LogP contribution is -2.16. The summed E-state index contributed by atoms with van der Waals surface area (Å²) in [7, 11) is 0. The highest BCUT2D eigenvalue weighted by Crippen LogP contribution is 2.41. The summed E-state index contributed by atoms with van der Waals surface area (Å²) in [5.41, 5.74) is 3.02. The predicted octanol–water partition coefficient (Wildman–Crippen LogP) is 2.17. The van der Waals surface area contributed by atoms with Gasteiger partial charge in [0.2, 0.25) is 0 Å². The number of aliphatic hydroxyl groups excluding tert-OH is 1. The van der Waals surface area contributed by atoms with Crippen molar-refractivity contribution < 1.29 is 28.2 Å². The van der Waals surface area contributed by atoms with Crippen LogP contribution in [0.1, 0.15) is 17.2 Å². The van der Waals surface area contributed by atoms with Gasteiger partial charge in [0, 0.05) is 15.7 Å². The summed E-state index contributed by atoms with van der Waals surface area (Å²) in [6.07, 6.45) is -6.79. The molecule has 0 amide bonds. The van der Waals surface area contributed by atoms with E-state index in [1.165, 1.54) is 0 Å². The number of carboxylic acids is 1. The second-order valence-electron chi connectivity index (χ2n) is 3.17. The van der Waals surface area contributed by atoms with Crippen LogP contribution in [0.5, 0.6) is 0 Å². The van der Waals surface area contributed by atoms with Gasteiger partial charge < -0.3 is 15.9 Å². The molecule has 1 aromatic carbocycles. The third-order valence-corrected chi connectivity index (χ3v) is 2.87. The van der Waals surface area contributed by atoms with Crippen molar-refractivity contribution in [3.63, 3.8) is 0 Å². The van der Waals surface area contributed by atoms with Crippen molar-refractivity contribution in [3.05, 3.63) is 27.7 Å². The number of alkyl halides is 3. The van der Waals surface area contributed by atoms with Crippen molar-refractivity contribution in [1.29, 1.82) is 0 Å². The second-order valence-corrected chi connectivity index (χ2v) is 3.96. The van der Waals surface area contributed by atoms with Crippen LogP contribution in [0.3, 0.4) is 0 Å². The summed E-state index contributed by atoms with van der Waals surface area (Å²) < 4.78 is 37.3. The lowest BCUT2D eigenvalue weighted by molar-refractivity contribution is -0.147. The Bertz CT molecular complexity index is 462. The molecular formula is C9H7BrF3NO3. The van der Waals surface area contributed by atoms with Crippen LogP contribution >= 0.6 is 15.9 Å². The van der Waals surface area contributed by atoms with Gasteiger partial charge in [-0.15, -0.1) is 0 Å². The number of nitrogen functional groups attached to an aromatic ring is 1. The van der Waals surface area contributed by atoms with E-state index in [1.54, 1.807) is 0 Å². The van der Waals surface area contributed by atoms with E-state index < -0.39 is 39.5 Å². The molecule has 0 aliphatic heterocycles. The van der Waals surface area contributed by atoms with Gasteiger partial charge in [0.15, 0.2) is 6.10 Å². The zero-order valence-electron chi connectivity index (χ0n) is 8.12. The summed E-state index contributed by atoms with van der Waals surface area (Å²) in [6.45, 7) is 0. The first kappa shape index (κ1) is 13.8. The van der Waals surface area contributed by atoms with Crippen LogP contribution in [0, 0.1) is 0 Å². The Morgan fingerprint density at radius 1 is 1.41 bits per heavy atom. The minimum absolute atomic E-state index is 0.404. The number of hydrogen-bond acceptors (Lipinski definition) is 3. The highest BCUT2D eigenvalue weighted by atomic mass is 79.9. The molecule has 1 rings (SSSR count). The number of aliphatic carboxylic acids is 1. The minimum Gasteiger partial charge on any atom is -0.479 e. The molecule has 0 saturated carbocycles. The number of carbonyl (C=O) groups is 1. The monoisotopic (exact) mass is 313 g/mol. The number of anilines is 1. The number of hydrogen-bond donors (Lipinski definition) is 3. The zero-order chi connectivity index (χ0) is 13.4. The Morgan fingerprint density at radius 3 is 2.35 bits per heavy atom. The molecule has 0 bridgehead atoms. The number of aliphatic hydroxyl groups is 1. The van der Waals surface area contributed by atoms with Gasteiger partial charge in [0.25, 0.3) is 0 Å². The molecule has 0 heterocycles. The largest absolute Gasteiger partial charge is 0.479 e. The number of benzene rings is 1. The topological polar surface area (TPSA) is 83.5 Å². The first-order valence-electron chi connectivity index (χ1n) is 4.22. The lowest BCUT2D eigenvalue weighted by atomic mass is 10.0. The van der Waals surface area contributed by atoms with Crippen LogP contribution in [0.25, 0.3) is 0 Å². The van der Waals surface area contributed by atoms with E-state index in [0.717, 1.165) is 12.1 Å². The van der Waals surface area contributed by atoms with E-state index in [0.29, 0.717) is 0 Å². The average Bonchev–Trinajstić information content (AvgIpc) is 2.14. The molecular weight excluding hydrogens is 307 g/mol. The molecule has 94 valence electrons. The zero-order valence-corrected chi connectivity index (χ0v) is 9.71. The standard InChI is InChI=1S/C9H7BrF3NO3/c10-6-3(7(15)8(16)17)1-2-4(14)5(6)9(11,12)13/h1-2,7,15H,14H2,(H,16,17). The van der Waals surface area contributed by atoms with Crippen molar-refractivity contribution in [3.8, 4) is 0 Å². The SMILES string of the molecule is Nc1ccc(C(O)C(=O)O)c(Br)c1C(F)(F)F. The van der Waals surface area contributed by atoms with Crippen LogP contribution < -0.4 is 5.73 Å². The Balaban J connectivity index is 3.44. The van der Waals surface area contributed by atoms with Crippen LogP contribution in [0.2, 0.25) is 0 Å². The van der Waals surface area contributed by atoms with Gasteiger partial charge in [0.1, 0.15) is 0 Å². The van der Waals surface area contributed by atoms with E-state index in [1.807, 2.05) is 0 Å². The normalized spacial score (nSPS) is 13.5. The first-order valence-corrected chi connectivity index (χ1v) is 5.01. The van der Waals surface area contributed by atoms with Gasteiger partial charge in [-0.05, 0) is 22.0 Å². The molecule has 0 aliphatic rings. The molecule has 0 spiro atoms. The van der Waals surface area contributed by atoms with Gasteiger partial charge >= 0.3 is 12.1 Å². The Hall–Kier alpha value is -1.28. The second kappa shape index (κ2) is 4.53. The van der Waals surface area contributed by atoms with Gasteiger partial charge in [-0.25, -0.2) is 4.79 Å². The summed E-state index contributed by atoms with van der Waals surface area (Å²) in [5, 5.41) is 17.8. The lowest BCUT2D eigenvalue weighted by Gasteiger charge is -2.16. The third-order valence-electron chi connectivity index (χ3n) is 2.02. The van der Waals surface area contributed by atoms with Gasteiger partial charge in [-0.3, -0.25) is 0 Å². The number of carboxylic acid groups (broad SMARTS) is 1. The quantitative estimate of drug-likeness (QED) is 0.731. The minimum atomic E-state index is -4.74. The molecule has 1 aromatic rings. The van der Waals surface area contributed by atoms with Crippen molar-refractivity contribution in [2.45, 2.75) is 12.3 Å². The van der Waals surface area contributed by atoms with Crippen LogP contribution in [-0.2, 0) is 11.0 Å². The summed E-state index contributed by atoms with van der Waals surface area (Å²) in [6, 6.07) is 1.92.